The second-order valence-electron chi connectivity index (χ2n) is 12.9. The van der Waals surface area contributed by atoms with Crippen LogP contribution in [0.25, 0.3) is 10.8 Å². The Balaban J connectivity index is 1.30. The van der Waals surface area contributed by atoms with E-state index in [-0.39, 0.29) is 44.4 Å². The monoisotopic (exact) mass is 649 g/mol. The highest BCUT2D eigenvalue weighted by Gasteiger charge is 2.71. The van der Waals surface area contributed by atoms with Crippen molar-refractivity contribution in [3.05, 3.63) is 103 Å². The molecular weight excluding hydrogens is 610 g/mol. The fourth-order valence-electron chi connectivity index (χ4n) is 7.76. The first kappa shape index (κ1) is 31.8. The van der Waals surface area contributed by atoms with Gasteiger partial charge in [-0.3, -0.25) is 19.2 Å². The Labute approximate surface area is 279 Å². The smallest absolute Gasteiger partial charge is 0.313 e. The molecule has 1 spiro atoms. The first-order valence-electron chi connectivity index (χ1n) is 16.6. The summed E-state index contributed by atoms with van der Waals surface area (Å²) in [5.41, 5.74) is -0.0815. The Kier molecular flexibility index (Phi) is 8.61. The van der Waals surface area contributed by atoms with Crippen LogP contribution in [0, 0.1) is 11.8 Å². The Morgan fingerprint density at radius 2 is 1.71 bits per heavy atom. The van der Waals surface area contributed by atoms with Gasteiger partial charge in [0.1, 0.15) is 23.7 Å². The van der Waals surface area contributed by atoms with Crippen molar-refractivity contribution in [2.75, 3.05) is 24.6 Å². The van der Waals surface area contributed by atoms with Crippen molar-refractivity contribution in [1.82, 2.24) is 10.2 Å². The van der Waals surface area contributed by atoms with Crippen molar-refractivity contribution < 1.29 is 33.8 Å². The summed E-state index contributed by atoms with van der Waals surface area (Å²) in [7, 11) is 0. The van der Waals surface area contributed by atoms with Crippen molar-refractivity contribution in [1.29, 1.82) is 0 Å². The zero-order valence-electron chi connectivity index (χ0n) is 26.7. The third kappa shape index (κ3) is 5.48. The van der Waals surface area contributed by atoms with Crippen LogP contribution in [0.5, 0.6) is 0 Å². The van der Waals surface area contributed by atoms with E-state index in [1.54, 1.807) is 30.1 Å². The molecular formula is C38H39N3O7. The SMILES string of the molecule is C[C@@H]1NC(=O)CC/C=C\[C@@H]2O[C@@]34C=CCN(c5ccc6ccccc6c5)C(=O)[C@@H]3N(CCCO)C(=O)[C@H]4[C@@H]2C(=O)O[C@H]1c1ccccc1. The number of likely N-dealkylation sites (tertiary alicyclic amines) is 1. The van der Waals surface area contributed by atoms with Crippen LogP contribution in [0.2, 0.25) is 0 Å². The molecule has 3 amide bonds. The summed E-state index contributed by atoms with van der Waals surface area (Å²) in [6, 6.07) is 21.2. The van der Waals surface area contributed by atoms with E-state index < -0.39 is 53.6 Å². The summed E-state index contributed by atoms with van der Waals surface area (Å²) in [5.74, 6) is -3.66. The average Bonchev–Trinajstić information content (AvgIpc) is 3.48. The molecule has 0 radical (unpaired) electrons. The Hall–Kier alpha value is -4.80. The first-order chi connectivity index (χ1) is 23.3. The van der Waals surface area contributed by atoms with Crippen molar-refractivity contribution in [3.8, 4) is 0 Å². The van der Waals surface area contributed by atoms with Crippen LogP contribution in [0.15, 0.2) is 97.1 Å². The molecule has 0 unspecified atom stereocenters. The van der Waals surface area contributed by atoms with Crippen LogP contribution < -0.4 is 10.2 Å². The number of ether oxygens (including phenoxy) is 2. The zero-order valence-corrected chi connectivity index (χ0v) is 26.7. The van der Waals surface area contributed by atoms with Gasteiger partial charge < -0.3 is 29.7 Å². The highest BCUT2D eigenvalue weighted by Crippen LogP contribution is 2.53. The molecule has 0 saturated carbocycles. The number of aliphatic hydroxyl groups excluding tert-OH is 1. The minimum Gasteiger partial charge on any atom is -0.455 e. The molecule has 7 rings (SSSR count). The molecule has 248 valence electrons. The van der Waals surface area contributed by atoms with Gasteiger partial charge in [0.15, 0.2) is 0 Å². The maximum atomic E-state index is 14.7. The maximum absolute atomic E-state index is 14.7. The van der Waals surface area contributed by atoms with Crippen molar-refractivity contribution >= 4 is 40.2 Å². The molecule has 2 fully saturated rings. The molecule has 10 heteroatoms. The predicted molar refractivity (Wildman–Crippen MR) is 178 cm³/mol. The normalized spacial score (nSPS) is 31.2. The predicted octanol–water partition coefficient (Wildman–Crippen LogP) is 3.85. The van der Waals surface area contributed by atoms with Gasteiger partial charge in [0.25, 0.3) is 5.91 Å². The number of esters is 1. The summed E-state index contributed by atoms with van der Waals surface area (Å²) in [6.45, 7) is 1.97. The number of rotatable bonds is 5. The molecule has 2 N–H and O–H groups in total. The Bertz CT molecular complexity index is 1790. The lowest BCUT2D eigenvalue weighted by atomic mass is 9.77. The van der Waals surface area contributed by atoms with Crippen LogP contribution in [-0.2, 0) is 28.7 Å². The van der Waals surface area contributed by atoms with Gasteiger partial charge in [0, 0.05) is 31.8 Å². The summed E-state index contributed by atoms with van der Waals surface area (Å²) in [4.78, 5) is 59.6. The van der Waals surface area contributed by atoms with Crippen molar-refractivity contribution in [2.45, 2.75) is 56.1 Å². The molecule has 10 nitrogen and oxygen atoms in total. The second kappa shape index (κ2) is 13.0. The molecule has 4 aliphatic heterocycles. The number of cyclic esters (lactones) is 1. The lowest BCUT2D eigenvalue weighted by Gasteiger charge is -2.35. The van der Waals surface area contributed by atoms with E-state index in [1.165, 1.54) is 4.90 Å². The number of amides is 3. The number of hydrogen-bond acceptors (Lipinski definition) is 7. The highest BCUT2D eigenvalue weighted by molar-refractivity contribution is 6.06. The van der Waals surface area contributed by atoms with Gasteiger partial charge in [0.05, 0.1) is 18.1 Å². The number of allylic oxidation sites excluding steroid dienone is 1. The van der Waals surface area contributed by atoms with Gasteiger partial charge >= 0.3 is 5.97 Å². The molecule has 7 atom stereocenters. The molecule has 2 saturated heterocycles. The van der Waals surface area contributed by atoms with Gasteiger partial charge in [0.2, 0.25) is 11.8 Å². The molecule has 0 bridgehead atoms. The first-order valence-corrected chi connectivity index (χ1v) is 16.6. The molecule has 48 heavy (non-hydrogen) atoms. The molecule has 0 aromatic heterocycles. The second-order valence-corrected chi connectivity index (χ2v) is 12.9. The summed E-state index contributed by atoms with van der Waals surface area (Å²) < 4.78 is 13.0. The third-order valence-electron chi connectivity index (χ3n) is 9.95. The lowest BCUT2D eigenvalue weighted by Crippen LogP contribution is -2.55. The fourth-order valence-corrected chi connectivity index (χ4v) is 7.76. The van der Waals surface area contributed by atoms with Crippen LogP contribution in [-0.4, -0.2) is 77.2 Å². The van der Waals surface area contributed by atoms with E-state index in [0.29, 0.717) is 17.7 Å². The van der Waals surface area contributed by atoms with E-state index in [4.69, 9.17) is 9.47 Å². The van der Waals surface area contributed by atoms with Crippen LogP contribution in [0.1, 0.15) is 37.9 Å². The molecule has 4 heterocycles. The number of benzene rings is 3. The van der Waals surface area contributed by atoms with Crippen molar-refractivity contribution in [2.24, 2.45) is 11.8 Å². The Morgan fingerprint density at radius 3 is 2.50 bits per heavy atom. The van der Waals surface area contributed by atoms with E-state index >= 15 is 0 Å². The summed E-state index contributed by atoms with van der Waals surface area (Å²) >= 11 is 0. The van der Waals surface area contributed by atoms with E-state index in [9.17, 15) is 24.3 Å². The van der Waals surface area contributed by atoms with Gasteiger partial charge in [-0.25, -0.2) is 0 Å². The number of nitrogens with one attached hydrogen (secondary N) is 1. The molecule has 3 aromatic carbocycles. The number of nitrogens with zero attached hydrogens (tertiary/aromatic N) is 2. The van der Waals surface area contributed by atoms with Crippen LogP contribution in [0.3, 0.4) is 0 Å². The molecule has 3 aromatic rings. The minimum atomic E-state index is -1.46. The zero-order chi connectivity index (χ0) is 33.4. The Morgan fingerprint density at radius 1 is 0.938 bits per heavy atom. The van der Waals surface area contributed by atoms with Gasteiger partial charge in [-0.2, -0.15) is 0 Å². The third-order valence-corrected chi connectivity index (χ3v) is 9.95. The summed E-state index contributed by atoms with van der Waals surface area (Å²) in [5, 5.41) is 14.7. The number of carbonyl (C=O) groups is 4. The molecule has 0 aliphatic carbocycles. The number of hydrogen-bond donors (Lipinski definition) is 2. The van der Waals surface area contributed by atoms with Gasteiger partial charge in [-0.15, -0.1) is 0 Å². The minimum absolute atomic E-state index is 0.116. The van der Waals surface area contributed by atoms with Crippen LogP contribution >= 0.6 is 0 Å². The van der Waals surface area contributed by atoms with Gasteiger partial charge in [-0.1, -0.05) is 85.0 Å². The highest BCUT2D eigenvalue weighted by atomic mass is 16.6. The quantitative estimate of drug-likeness (QED) is 0.318. The lowest BCUT2D eigenvalue weighted by molar-refractivity contribution is -0.161. The maximum Gasteiger partial charge on any atom is 0.313 e. The van der Waals surface area contributed by atoms with Gasteiger partial charge in [-0.05, 0) is 48.2 Å². The van der Waals surface area contributed by atoms with E-state index in [1.807, 2.05) is 78.9 Å². The van der Waals surface area contributed by atoms with Crippen LogP contribution in [0.4, 0.5) is 5.69 Å². The van der Waals surface area contributed by atoms with E-state index in [0.717, 1.165) is 10.8 Å². The number of anilines is 1. The summed E-state index contributed by atoms with van der Waals surface area (Å²) in [6.07, 6.45) is 6.30. The largest absolute Gasteiger partial charge is 0.455 e. The topological polar surface area (TPSA) is 125 Å². The number of carbonyl (C=O) groups excluding carboxylic acids is 4. The average molecular weight is 650 g/mol. The fraction of sp³-hybridized carbons (Fsp3) is 0.368. The standard InChI is InChI=1S/C38H39N3O7/c1-24-33(26-12-3-2-4-13-26)47-37(46)31-29(15-7-8-16-30(43)39-24)48-38-19-9-20-40(28-18-17-25-11-5-6-14-27(25)23-28)36(45)34(38)41(21-10-22-42)35(44)32(31)38/h2-7,9,11-15,17-19,23-24,29,31-34,42H,8,10,16,20-22H2,1H3,(H,39,43)/b15-7-/t24-,29-,31+,32+,33+,34-,38+/m0/s1. The van der Waals surface area contributed by atoms with Crippen molar-refractivity contribution in [3.63, 3.8) is 0 Å². The number of fused-ring (bicyclic) bond motifs is 3. The molecule has 4 aliphatic rings. The number of aliphatic hydroxyl groups is 1. The van der Waals surface area contributed by atoms with E-state index in [2.05, 4.69) is 5.32 Å².